The smallest absolute Gasteiger partial charge is 0.253 e. The van der Waals surface area contributed by atoms with E-state index in [1.54, 1.807) is 6.20 Å². The number of carbonyl (C=O) groups is 1. The summed E-state index contributed by atoms with van der Waals surface area (Å²) in [6, 6.07) is 4.00. The van der Waals surface area contributed by atoms with Gasteiger partial charge in [-0.1, -0.05) is 26.2 Å². The van der Waals surface area contributed by atoms with Gasteiger partial charge in [-0.2, -0.15) is 0 Å². The zero-order valence-electron chi connectivity index (χ0n) is 13.2. The first kappa shape index (κ1) is 15.8. The van der Waals surface area contributed by atoms with Gasteiger partial charge in [-0.05, 0) is 44.2 Å². The zero-order chi connectivity index (χ0) is 15.1. The maximum absolute atomic E-state index is 12.4. The molecule has 2 N–H and O–H groups in total. The van der Waals surface area contributed by atoms with Crippen LogP contribution in [-0.4, -0.2) is 23.5 Å². The Morgan fingerprint density at radius 2 is 2.05 bits per heavy atom. The molecule has 1 fully saturated rings. The lowest BCUT2D eigenvalue weighted by molar-refractivity contribution is 0.0911. The summed E-state index contributed by atoms with van der Waals surface area (Å²) in [6.07, 6.45) is 9.09. The largest absolute Gasteiger partial charge is 0.370 e. The van der Waals surface area contributed by atoms with Gasteiger partial charge in [0, 0.05) is 18.8 Å². The molecule has 0 spiro atoms. The normalized spacial score (nSPS) is 17.2. The highest BCUT2D eigenvalue weighted by atomic mass is 16.1. The summed E-state index contributed by atoms with van der Waals surface area (Å²) in [5.41, 5.74) is 0.644. The van der Waals surface area contributed by atoms with Crippen molar-refractivity contribution in [3.05, 3.63) is 23.9 Å². The Morgan fingerprint density at radius 3 is 2.62 bits per heavy atom. The van der Waals surface area contributed by atoms with Crippen molar-refractivity contribution in [2.75, 3.05) is 11.9 Å². The van der Waals surface area contributed by atoms with Gasteiger partial charge in [-0.15, -0.1) is 0 Å². The number of rotatable bonds is 6. The standard InChI is InChI=1S/C17H27N3O/c1-3-15(13-8-6-5-7-9-13)20-17(21)14-10-11-16(18-4-2)19-12-14/h10-13,15H,3-9H2,1-2H3,(H,18,19)(H,20,21). The summed E-state index contributed by atoms with van der Waals surface area (Å²) >= 11 is 0. The average Bonchev–Trinajstić information content (AvgIpc) is 2.54. The molecule has 1 atom stereocenters. The molecular weight excluding hydrogens is 262 g/mol. The Morgan fingerprint density at radius 1 is 1.29 bits per heavy atom. The summed E-state index contributed by atoms with van der Waals surface area (Å²) < 4.78 is 0. The lowest BCUT2D eigenvalue weighted by Crippen LogP contribution is -2.40. The molecule has 1 saturated carbocycles. The molecule has 1 aliphatic rings. The third-order valence-corrected chi connectivity index (χ3v) is 4.36. The van der Waals surface area contributed by atoms with Crippen LogP contribution in [0.25, 0.3) is 0 Å². The molecule has 116 valence electrons. The third kappa shape index (κ3) is 4.45. The molecule has 4 nitrogen and oxygen atoms in total. The first-order chi connectivity index (χ1) is 10.2. The number of amides is 1. The van der Waals surface area contributed by atoms with Crippen LogP contribution in [0.3, 0.4) is 0 Å². The Balaban J connectivity index is 1.94. The number of hydrogen-bond acceptors (Lipinski definition) is 3. The summed E-state index contributed by atoms with van der Waals surface area (Å²) in [6.45, 7) is 5.02. The van der Waals surface area contributed by atoms with Crippen LogP contribution < -0.4 is 10.6 Å². The number of aromatic nitrogens is 1. The molecule has 1 aromatic rings. The van der Waals surface area contributed by atoms with Crippen molar-refractivity contribution in [2.24, 2.45) is 5.92 Å². The minimum Gasteiger partial charge on any atom is -0.370 e. The van der Waals surface area contributed by atoms with Crippen LogP contribution in [0.4, 0.5) is 5.82 Å². The van der Waals surface area contributed by atoms with E-state index in [9.17, 15) is 4.79 Å². The summed E-state index contributed by atoms with van der Waals surface area (Å²) in [4.78, 5) is 16.6. The van der Waals surface area contributed by atoms with E-state index in [0.717, 1.165) is 18.8 Å². The number of pyridine rings is 1. The fraction of sp³-hybridized carbons (Fsp3) is 0.647. The Bertz CT molecular complexity index is 438. The molecule has 1 aromatic heterocycles. The van der Waals surface area contributed by atoms with Gasteiger partial charge >= 0.3 is 0 Å². The molecule has 0 saturated heterocycles. The van der Waals surface area contributed by atoms with Gasteiger partial charge in [0.25, 0.3) is 5.91 Å². The van der Waals surface area contributed by atoms with Crippen LogP contribution >= 0.6 is 0 Å². The Kier molecular flexibility index (Phi) is 6.03. The maximum Gasteiger partial charge on any atom is 0.253 e. The highest BCUT2D eigenvalue weighted by Crippen LogP contribution is 2.27. The van der Waals surface area contributed by atoms with Gasteiger partial charge in [-0.25, -0.2) is 4.98 Å². The molecule has 0 aliphatic heterocycles. The van der Waals surface area contributed by atoms with Crippen LogP contribution in [0.5, 0.6) is 0 Å². The number of hydrogen-bond donors (Lipinski definition) is 2. The predicted octanol–water partition coefficient (Wildman–Crippen LogP) is 3.60. The van der Waals surface area contributed by atoms with Crippen molar-refractivity contribution >= 4 is 11.7 Å². The van der Waals surface area contributed by atoms with E-state index >= 15 is 0 Å². The molecule has 1 unspecified atom stereocenters. The van der Waals surface area contributed by atoms with Crippen molar-refractivity contribution in [2.45, 2.75) is 58.4 Å². The Labute approximate surface area is 127 Å². The second-order valence-electron chi connectivity index (χ2n) is 5.85. The van der Waals surface area contributed by atoms with Crippen LogP contribution in [-0.2, 0) is 0 Å². The highest BCUT2D eigenvalue weighted by molar-refractivity contribution is 5.94. The first-order valence-corrected chi connectivity index (χ1v) is 8.25. The van der Waals surface area contributed by atoms with Crippen molar-refractivity contribution in [1.82, 2.24) is 10.3 Å². The summed E-state index contributed by atoms with van der Waals surface area (Å²) in [5, 5.41) is 6.34. The minimum atomic E-state index is 0.00275. The van der Waals surface area contributed by atoms with Gasteiger partial charge in [0.2, 0.25) is 0 Å². The molecule has 2 rings (SSSR count). The van der Waals surface area contributed by atoms with Gasteiger partial charge < -0.3 is 10.6 Å². The molecule has 1 amide bonds. The van der Waals surface area contributed by atoms with E-state index in [4.69, 9.17) is 0 Å². The second-order valence-corrected chi connectivity index (χ2v) is 5.85. The van der Waals surface area contributed by atoms with Crippen LogP contribution in [0.15, 0.2) is 18.3 Å². The first-order valence-electron chi connectivity index (χ1n) is 8.25. The van der Waals surface area contributed by atoms with Crippen LogP contribution in [0.1, 0.15) is 62.7 Å². The van der Waals surface area contributed by atoms with E-state index in [-0.39, 0.29) is 5.91 Å². The van der Waals surface area contributed by atoms with Gasteiger partial charge in [0.05, 0.1) is 5.56 Å². The Hall–Kier alpha value is -1.58. The molecule has 4 heteroatoms. The molecule has 1 heterocycles. The van der Waals surface area contributed by atoms with Gasteiger partial charge in [0.15, 0.2) is 0 Å². The van der Waals surface area contributed by atoms with E-state index in [1.807, 2.05) is 19.1 Å². The highest BCUT2D eigenvalue weighted by Gasteiger charge is 2.24. The lowest BCUT2D eigenvalue weighted by Gasteiger charge is -2.30. The number of nitrogens with one attached hydrogen (secondary N) is 2. The monoisotopic (exact) mass is 289 g/mol. The van der Waals surface area contributed by atoms with Gasteiger partial charge in [0.1, 0.15) is 5.82 Å². The third-order valence-electron chi connectivity index (χ3n) is 4.36. The SMILES string of the molecule is CCNc1ccc(C(=O)NC(CC)C2CCCCC2)cn1. The van der Waals surface area contributed by atoms with Crippen molar-refractivity contribution in [3.63, 3.8) is 0 Å². The molecule has 0 aromatic carbocycles. The van der Waals surface area contributed by atoms with Crippen LogP contribution in [0, 0.1) is 5.92 Å². The fourth-order valence-corrected chi connectivity index (χ4v) is 3.16. The molecule has 21 heavy (non-hydrogen) atoms. The van der Waals surface area contributed by atoms with E-state index in [2.05, 4.69) is 22.5 Å². The molecule has 1 aliphatic carbocycles. The molecule has 0 radical (unpaired) electrons. The van der Waals surface area contributed by atoms with E-state index in [0.29, 0.717) is 17.5 Å². The summed E-state index contributed by atoms with van der Waals surface area (Å²) in [7, 11) is 0. The predicted molar refractivity (Wildman–Crippen MR) is 86.5 cm³/mol. The van der Waals surface area contributed by atoms with Crippen molar-refractivity contribution < 1.29 is 4.79 Å². The van der Waals surface area contributed by atoms with Crippen molar-refractivity contribution in [1.29, 1.82) is 0 Å². The second kappa shape index (κ2) is 8.01. The lowest BCUT2D eigenvalue weighted by atomic mass is 9.83. The van der Waals surface area contributed by atoms with Gasteiger partial charge in [-0.3, -0.25) is 4.79 Å². The van der Waals surface area contributed by atoms with Crippen molar-refractivity contribution in [3.8, 4) is 0 Å². The minimum absolute atomic E-state index is 0.00275. The van der Waals surface area contributed by atoms with E-state index < -0.39 is 0 Å². The summed E-state index contributed by atoms with van der Waals surface area (Å²) in [5.74, 6) is 1.46. The average molecular weight is 289 g/mol. The number of anilines is 1. The maximum atomic E-state index is 12.4. The number of nitrogens with zero attached hydrogens (tertiary/aromatic N) is 1. The number of carbonyl (C=O) groups excluding carboxylic acids is 1. The molecular formula is C17H27N3O. The zero-order valence-corrected chi connectivity index (χ0v) is 13.2. The quantitative estimate of drug-likeness (QED) is 0.841. The topological polar surface area (TPSA) is 54.0 Å². The van der Waals surface area contributed by atoms with Crippen LogP contribution in [0.2, 0.25) is 0 Å². The fourth-order valence-electron chi connectivity index (χ4n) is 3.16. The van der Waals surface area contributed by atoms with E-state index in [1.165, 1.54) is 32.1 Å². The molecule has 0 bridgehead atoms.